The first-order valence-electron chi connectivity index (χ1n) is 9.41. The number of amidine groups is 1. The summed E-state index contributed by atoms with van der Waals surface area (Å²) in [6.07, 6.45) is 5.78. The van der Waals surface area contributed by atoms with Crippen molar-refractivity contribution in [2.75, 3.05) is 18.0 Å². The number of carbonyl (C=O) groups is 1. The summed E-state index contributed by atoms with van der Waals surface area (Å²) >= 11 is 0. The van der Waals surface area contributed by atoms with Crippen LogP contribution in [-0.2, 0) is 6.54 Å². The largest absolute Gasteiger partial charge is 0.388 e. The first kappa shape index (κ1) is 19.0. The number of hydrogen-bond donors (Lipinski definition) is 4. The van der Waals surface area contributed by atoms with Crippen molar-refractivity contribution >= 4 is 17.6 Å². The summed E-state index contributed by atoms with van der Waals surface area (Å²) in [6.45, 7) is 6.32. The number of nitrogens with one attached hydrogen (secondary N) is 3. The van der Waals surface area contributed by atoms with Gasteiger partial charge in [-0.05, 0) is 50.1 Å². The lowest BCUT2D eigenvalue weighted by molar-refractivity contribution is 0.243. The number of allylic oxidation sites excluding steroid dienone is 1. The zero-order valence-corrected chi connectivity index (χ0v) is 16.0. The quantitative estimate of drug-likeness (QED) is 0.321. The van der Waals surface area contributed by atoms with Crippen molar-refractivity contribution in [1.29, 1.82) is 0 Å². The fourth-order valence-corrected chi connectivity index (χ4v) is 3.09. The molecule has 2 amide bonds. The molecule has 2 aliphatic heterocycles. The number of fused-ring (bicyclic) bond motifs is 1. The summed E-state index contributed by atoms with van der Waals surface area (Å²) in [7, 11) is 0. The highest BCUT2D eigenvalue weighted by Gasteiger charge is 2.30. The standard InChI is InChI=1S/C20H28N6O/c1-3-17-11-16-13-26(20(27)25-19(16)24-17)18-7-5-15(6-8-18)12-22-9-4-10-23-14(2)21/h5-8,11,13,19,22,24H,3-4,9-10,12H2,1-2H3,(H2,21,23)(H,25,27). The molecule has 1 aromatic carbocycles. The second-order valence-electron chi connectivity index (χ2n) is 6.77. The smallest absolute Gasteiger partial charge is 0.327 e. The van der Waals surface area contributed by atoms with Gasteiger partial charge >= 0.3 is 6.03 Å². The number of carbonyl (C=O) groups excluding carboxylic acids is 1. The van der Waals surface area contributed by atoms with Crippen molar-refractivity contribution < 1.29 is 4.79 Å². The molecule has 0 aromatic heterocycles. The molecule has 144 valence electrons. The van der Waals surface area contributed by atoms with E-state index < -0.39 is 0 Å². The molecule has 2 aliphatic rings. The summed E-state index contributed by atoms with van der Waals surface area (Å²) < 4.78 is 0. The van der Waals surface area contributed by atoms with Gasteiger partial charge in [0.25, 0.3) is 0 Å². The highest BCUT2D eigenvalue weighted by molar-refractivity contribution is 5.96. The molecule has 2 heterocycles. The van der Waals surface area contributed by atoms with E-state index in [1.54, 1.807) is 11.8 Å². The number of nitrogens with two attached hydrogens (primary N) is 1. The number of hydrogen-bond acceptors (Lipinski definition) is 4. The van der Waals surface area contributed by atoms with Gasteiger partial charge in [-0.2, -0.15) is 0 Å². The number of benzene rings is 1. The second kappa shape index (κ2) is 8.73. The molecule has 27 heavy (non-hydrogen) atoms. The Bertz CT molecular complexity index is 761. The molecule has 1 aromatic rings. The SMILES string of the molecule is CCC1=CC2=CN(c3ccc(CNCCCN=C(C)N)cc3)C(=O)NC2N1. The van der Waals surface area contributed by atoms with Gasteiger partial charge in [0.2, 0.25) is 0 Å². The number of anilines is 1. The molecule has 0 radical (unpaired) electrons. The van der Waals surface area contributed by atoms with Crippen molar-refractivity contribution in [2.24, 2.45) is 10.7 Å². The molecular formula is C20H28N6O. The number of rotatable bonds is 8. The van der Waals surface area contributed by atoms with Crippen molar-refractivity contribution in [2.45, 2.75) is 39.4 Å². The molecule has 7 nitrogen and oxygen atoms in total. The molecule has 0 saturated carbocycles. The van der Waals surface area contributed by atoms with Crippen LogP contribution in [0.25, 0.3) is 0 Å². The molecule has 0 spiro atoms. The Hall–Kier alpha value is -2.80. The van der Waals surface area contributed by atoms with E-state index in [9.17, 15) is 4.79 Å². The van der Waals surface area contributed by atoms with Crippen LogP contribution in [0, 0.1) is 0 Å². The molecule has 0 bridgehead atoms. The highest BCUT2D eigenvalue weighted by atomic mass is 16.2. The zero-order chi connectivity index (χ0) is 19.2. The van der Waals surface area contributed by atoms with Crippen LogP contribution in [0.4, 0.5) is 10.5 Å². The third-order valence-electron chi connectivity index (χ3n) is 4.57. The first-order valence-corrected chi connectivity index (χ1v) is 9.41. The van der Waals surface area contributed by atoms with Gasteiger partial charge < -0.3 is 21.7 Å². The Morgan fingerprint density at radius 3 is 2.78 bits per heavy atom. The van der Waals surface area contributed by atoms with Gasteiger partial charge in [-0.3, -0.25) is 9.89 Å². The summed E-state index contributed by atoms with van der Waals surface area (Å²) in [5, 5.41) is 9.69. The lowest BCUT2D eigenvalue weighted by Crippen LogP contribution is -2.51. The van der Waals surface area contributed by atoms with Crippen molar-refractivity contribution in [3.8, 4) is 0 Å². The maximum Gasteiger partial charge on any atom is 0.327 e. The average Bonchev–Trinajstić information content (AvgIpc) is 3.06. The minimum absolute atomic E-state index is 0.112. The van der Waals surface area contributed by atoms with Gasteiger partial charge in [0.15, 0.2) is 0 Å². The third kappa shape index (κ3) is 4.89. The van der Waals surface area contributed by atoms with Crippen LogP contribution >= 0.6 is 0 Å². The van der Waals surface area contributed by atoms with Gasteiger partial charge in [-0.15, -0.1) is 0 Å². The molecule has 7 heteroatoms. The fraction of sp³-hybridized carbons (Fsp3) is 0.400. The highest BCUT2D eigenvalue weighted by Crippen LogP contribution is 2.25. The van der Waals surface area contributed by atoms with Crippen LogP contribution in [0.2, 0.25) is 0 Å². The van der Waals surface area contributed by atoms with E-state index in [0.717, 1.165) is 49.4 Å². The second-order valence-corrected chi connectivity index (χ2v) is 6.77. The van der Waals surface area contributed by atoms with Crippen molar-refractivity contribution in [3.63, 3.8) is 0 Å². The molecule has 0 fully saturated rings. The zero-order valence-electron chi connectivity index (χ0n) is 16.0. The summed E-state index contributed by atoms with van der Waals surface area (Å²) in [5.74, 6) is 0.628. The maximum atomic E-state index is 12.4. The lowest BCUT2D eigenvalue weighted by Gasteiger charge is -2.29. The van der Waals surface area contributed by atoms with Crippen LogP contribution in [0.15, 0.2) is 52.8 Å². The molecule has 3 rings (SSSR count). The Morgan fingerprint density at radius 2 is 2.07 bits per heavy atom. The Kier molecular flexibility index (Phi) is 6.13. The van der Waals surface area contributed by atoms with Gasteiger partial charge in [0, 0.05) is 30.6 Å². The van der Waals surface area contributed by atoms with E-state index in [1.165, 1.54) is 5.56 Å². The van der Waals surface area contributed by atoms with Gasteiger partial charge in [0.1, 0.15) is 6.17 Å². The predicted octanol–water partition coefficient (Wildman–Crippen LogP) is 2.18. The molecule has 1 unspecified atom stereocenters. The summed E-state index contributed by atoms with van der Waals surface area (Å²) in [5.41, 5.74) is 9.76. The minimum atomic E-state index is -0.122. The van der Waals surface area contributed by atoms with Gasteiger partial charge in [0.05, 0.1) is 11.5 Å². The molecule has 5 N–H and O–H groups in total. The van der Waals surface area contributed by atoms with E-state index in [-0.39, 0.29) is 12.2 Å². The van der Waals surface area contributed by atoms with E-state index in [0.29, 0.717) is 5.84 Å². The molecule has 0 saturated heterocycles. The topological polar surface area (TPSA) is 94.8 Å². The number of urea groups is 1. The van der Waals surface area contributed by atoms with Crippen LogP contribution in [0.5, 0.6) is 0 Å². The molecule has 0 aliphatic carbocycles. The summed E-state index contributed by atoms with van der Waals surface area (Å²) in [4.78, 5) is 18.2. The Balaban J connectivity index is 1.55. The van der Waals surface area contributed by atoms with Gasteiger partial charge in [-0.25, -0.2) is 4.79 Å². The van der Waals surface area contributed by atoms with Crippen LogP contribution in [0.1, 0.15) is 32.3 Å². The summed E-state index contributed by atoms with van der Waals surface area (Å²) in [6, 6.07) is 7.92. The Labute approximate surface area is 160 Å². The maximum absolute atomic E-state index is 12.4. The van der Waals surface area contributed by atoms with Crippen molar-refractivity contribution in [1.82, 2.24) is 16.0 Å². The van der Waals surface area contributed by atoms with E-state index in [1.807, 2.05) is 30.5 Å². The monoisotopic (exact) mass is 368 g/mol. The average molecular weight is 368 g/mol. The number of aliphatic imine (C=N–C) groups is 1. The third-order valence-corrected chi connectivity index (χ3v) is 4.57. The van der Waals surface area contributed by atoms with Crippen LogP contribution in [0.3, 0.4) is 0 Å². The Morgan fingerprint density at radius 1 is 1.30 bits per heavy atom. The molecular weight excluding hydrogens is 340 g/mol. The predicted molar refractivity (Wildman–Crippen MR) is 109 cm³/mol. The lowest BCUT2D eigenvalue weighted by atomic mass is 10.1. The van der Waals surface area contributed by atoms with Gasteiger partial charge in [-0.1, -0.05) is 19.1 Å². The van der Waals surface area contributed by atoms with Crippen molar-refractivity contribution in [3.05, 3.63) is 53.4 Å². The minimum Gasteiger partial charge on any atom is -0.388 e. The normalized spacial score (nSPS) is 19.2. The molecule has 1 atom stereocenters. The van der Waals surface area contributed by atoms with E-state index in [2.05, 4.69) is 33.9 Å². The van der Waals surface area contributed by atoms with Crippen LogP contribution < -0.4 is 26.6 Å². The van der Waals surface area contributed by atoms with E-state index >= 15 is 0 Å². The van der Waals surface area contributed by atoms with Crippen LogP contribution in [-0.4, -0.2) is 31.1 Å². The number of nitrogens with zero attached hydrogens (tertiary/aromatic N) is 2. The fourth-order valence-electron chi connectivity index (χ4n) is 3.09. The first-order chi connectivity index (χ1) is 13.1. The number of amides is 2. The van der Waals surface area contributed by atoms with E-state index in [4.69, 9.17) is 5.73 Å².